The van der Waals surface area contributed by atoms with E-state index in [-0.39, 0.29) is 6.61 Å². The van der Waals surface area contributed by atoms with E-state index in [1.54, 1.807) is 12.4 Å². The van der Waals surface area contributed by atoms with E-state index >= 15 is 0 Å². The van der Waals surface area contributed by atoms with Crippen molar-refractivity contribution in [1.82, 2.24) is 4.98 Å². The Morgan fingerprint density at radius 3 is 2.81 bits per heavy atom. The summed E-state index contributed by atoms with van der Waals surface area (Å²) < 4.78 is 5.16. The van der Waals surface area contributed by atoms with Crippen LogP contribution in [0.25, 0.3) is 0 Å². The molecule has 0 saturated heterocycles. The summed E-state index contributed by atoms with van der Waals surface area (Å²) in [5.41, 5.74) is 6.47. The molecule has 0 radical (unpaired) electrons. The normalized spacial score (nSPS) is 12.3. The van der Waals surface area contributed by atoms with E-state index in [0.717, 1.165) is 12.8 Å². The molecule has 0 saturated carbocycles. The first-order valence-corrected chi connectivity index (χ1v) is 5.15. The molecule has 0 spiro atoms. The van der Waals surface area contributed by atoms with E-state index in [4.69, 9.17) is 15.6 Å². The number of carboxylic acids is 1. The van der Waals surface area contributed by atoms with Gasteiger partial charge in [-0.15, -0.1) is 0 Å². The van der Waals surface area contributed by atoms with Crippen LogP contribution in [0.2, 0.25) is 0 Å². The number of nitrogens with zero attached hydrogens (tertiary/aromatic N) is 1. The second kappa shape index (κ2) is 6.92. The molecule has 1 aromatic heterocycles. The standard InChI is InChI=1S/C11H16N2O3/c12-10(11(14)15)8-16-7-1-2-9-3-5-13-6-4-9/h3-6,10H,1-2,7-8,12H2,(H,14,15). The molecule has 0 aliphatic rings. The summed E-state index contributed by atoms with van der Waals surface area (Å²) in [7, 11) is 0. The number of aliphatic carboxylic acids is 1. The van der Waals surface area contributed by atoms with Gasteiger partial charge in [-0.2, -0.15) is 0 Å². The maximum atomic E-state index is 10.4. The van der Waals surface area contributed by atoms with Crippen molar-refractivity contribution in [1.29, 1.82) is 0 Å². The number of ether oxygens (including phenoxy) is 1. The summed E-state index contributed by atoms with van der Waals surface area (Å²) in [6, 6.07) is 2.97. The van der Waals surface area contributed by atoms with Crippen LogP contribution in [0, 0.1) is 0 Å². The number of hydrogen-bond acceptors (Lipinski definition) is 4. The first kappa shape index (κ1) is 12.6. The highest BCUT2D eigenvalue weighted by Crippen LogP contribution is 2.00. The molecule has 0 fully saturated rings. The van der Waals surface area contributed by atoms with Gasteiger partial charge in [-0.1, -0.05) is 0 Å². The first-order valence-electron chi connectivity index (χ1n) is 5.15. The molecule has 0 amide bonds. The van der Waals surface area contributed by atoms with Gasteiger partial charge >= 0.3 is 5.97 Å². The van der Waals surface area contributed by atoms with Crippen molar-refractivity contribution in [3.63, 3.8) is 0 Å². The Bertz CT molecular complexity index is 316. The maximum Gasteiger partial charge on any atom is 0.322 e. The quantitative estimate of drug-likeness (QED) is 0.656. The third kappa shape index (κ3) is 4.86. The van der Waals surface area contributed by atoms with E-state index < -0.39 is 12.0 Å². The molecule has 0 aliphatic heterocycles. The van der Waals surface area contributed by atoms with Crippen LogP contribution >= 0.6 is 0 Å². The average Bonchev–Trinajstić information content (AvgIpc) is 2.29. The van der Waals surface area contributed by atoms with Gasteiger partial charge in [0.2, 0.25) is 0 Å². The Morgan fingerprint density at radius 2 is 2.19 bits per heavy atom. The highest BCUT2D eigenvalue weighted by Gasteiger charge is 2.10. The lowest BCUT2D eigenvalue weighted by molar-refractivity contribution is -0.140. The summed E-state index contributed by atoms with van der Waals surface area (Å²) >= 11 is 0. The zero-order valence-electron chi connectivity index (χ0n) is 9.00. The van der Waals surface area contributed by atoms with Crippen LogP contribution in [0.15, 0.2) is 24.5 Å². The summed E-state index contributed by atoms with van der Waals surface area (Å²) in [5.74, 6) is -1.03. The first-order chi connectivity index (χ1) is 7.70. The van der Waals surface area contributed by atoms with Crippen LogP contribution in [0.5, 0.6) is 0 Å². The summed E-state index contributed by atoms with van der Waals surface area (Å²) in [6.45, 7) is 0.578. The minimum absolute atomic E-state index is 0.0612. The third-order valence-corrected chi connectivity index (χ3v) is 2.12. The molecule has 5 nitrogen and oxygen atoms in total. The molecule has 1 heterocycles. The zero-order valence-corrected chi connectivity index (χ0v) is 9.00. The average molecular weight is 224 g/mol. The van der Waals surface area contributed by atoms with Crippen molar-refractivity contribution < 1.29 is 14.6 Å². The predicted octanol–water partition coefficient (Wildman–Crippen LogP) is 0.443. The van der Waals surface area contributed by atoms with Crippen LogP contribution in [-0.2, 0) is 16.0 Å². The monoisotopic (exact) mass is 224 g/mol. The highest BCUT2D eigenvalue weighted by atomic mass is 16.5. The molecule has 1 atom stereocenters. The van der Waals surface area contributed by atoms with Crippen molar-refractivity contribution in [2.24, 2.45) is 5.73 Å². The molecule has 0 aromatic carbocycles. The third-order valence-electron chi connectivity index (χ3n) is 2.12. The lowest BCUT2D eigenvalue weighted by Crippen LogP contribution is -2.35. The number of rotatable bonds is 7. The molecule has 88 valence electrons. The Balaban J connectivity index is 2.07. The minimum atomic E-state index is -1.03. The van der Waals surface area contributed by atoms with Crippen molar-refractivity contribution in [2.45, 2.75) is 18.9 Å². The zero-order chi connectivity index (χ0) is 11.8. The second-order valence-electron chi connectivity index (χ2n) is 3.48. The van der Waals surface area contributed by atoms with Crippen LogP contribution in [0.4, 0.5) is 0 Å². The predicted molar refractivity (Wildman–Crippen MR) is 59.0 cm³/mol. The lowest BCUT2D eigenvalue weighted by Gasteiger charge is -2.07. The Kier molecular flexibility index (Phi) is 5.45. The molecule has 1 aromatic rings. The molecule has 1 unspecified atom stereocenters. The summed E-state index contributed by atoms with van der Waals surface area (Å²) in [4.78, 5) is 14.3. The van der Waals surface area contributed by atoms with Gasteiger partial charge in [0.05, 0.1) is 6.61 Å². The Morgan fingerprint density at radius 1 is 1.50 bits per heavy atom. The number of carboxylic acid groups (broad SMARTS) is 1. The number of hydrogen-bond donors (Lipinski definition) is 2. The van der Waals surface area contributed by atoms with Gasteiger partial charge in [0.25, 0.3) is 0 Å². The summed E-state index contributed by atoms with van der Waals surface area (Å²) in [5, 5.41) is 8.50. The fraction of sp³-hybridized carbons (Fsp3) is 0.455. The Hall–Kier alpha value is -1.46. The molecular formula is C11H16N2O3. The van der Waals surface area contributed by atoms with Crippen LogP contribution in [0.1, 0.15) is 12.0 Å². The molecule has 0 bridgehead atoms. The maximum absolute atomic E-state index is 10.4. The molecular weight excluding hydrogens is 208 g/mol. The number of pyridine rings is 1. The van der Waals surface area contributed by atoms with Crippen LogP contribution in [-0.4, -0.2) is 35.3 Å². The number of aryl methyl sites for hydroxylation is 1. The van der Waals surface area contributed by atoms with E-state index in [9.17, 15) is 4.79 Å². The van der Waals surface area contributed by atoms with E-state index in [0.29, 0.717) is 6.61 Å². The van der Waals surface area contributed by atoms with Gasteiger partial charge in [0.1, 0.15) is 6.04 Å². The van der Waals surface area contributed by atoms with Gasteiger partial charge in [0.15, 0.2) is 0 Å². The largest absolute Gasteiger partial charge is 0.480 e. The Labute approximate surface area is 94.2 Å². The van der Waals surface area contributed by atoms with Gasteiger partial charge in [0, 0.05) is 19.0 Å². The molecule has 0 aliphatic carbocycles. The lowest BCUT2D eigenvalue weighted by atomic mass is 10.1. The van der Waals surface area contributed by atoms with E-state index in [1.165, 1.54) is 5.56 Å². The van der Waals surface area contributed by atoms with Gasteiger partial charge in [-0.3, -0.25) is 9.78 Å². The van der Waals surface area contributed by atoms with E-state index in [1.807, 2.05) is 12.1 Å². The fourth-order valence-corrected chi connectivity index (χ4v) is 1.21. The smallest absolute Gasteiger partial charge is 0.322 e. The molecule has 5 heteroatoms. The minimum Gasteiger partial charge on any atom is -0.480 e. The van der Waals surface area contributed by atoms with Crippen molar-refractivity contribution >= 4 is 5.97 Å². The number of aromatic nitrogens is 1. The molecule has 16 heavy (non-hydrogen) atoms. The number of carbonyl (C=O) groups is 1. The molecule has 1 rings (SSSR count). The highest BCUT2D eigenvalue weighted by molar-refractivity contribution is 5.73. The number of nitrogens with two attached hydrogens (primary N) is 1. The van der Waals surface area contributed by atoms with Gasteiger partial charge in [-0.05, 0) is 30.5 Å². The van der Waals surface area contributed by atoms with Gasteiger partial charge in [-0.25, -0.2) is 0 Å². The van der Waals surface area contributed by atoms with Crippen molar-refractivity contribution in [3.05, 3.63) is 30.1 Å². The van der Waals surface area contributed by atoms with Crippen molar-refractivity contribution in [2.75, 3.05) is 13.2 Å². The fourth-order valence-electron chi connectivity index (χ4n) is 1.21. The molecule has 3 N–H and O–H groups in total. The topological polar surface area (TPSA) is 85.4 Å². The summed E-state index contributed by atoms with van der Waals surface area (Å²) in [6.07, 6.45) is 5.23. The van der Waals surface area contributed by atoms with Crippen molar-refractivity contribution in [3.8, 4) is 0 Å². The van der Waals surface area contributed by atoms with E-state index in [2.05, 4.69) is 4.98 Å². The van der Waals surface area contributed by atoms with Crippen LogP contribution in [0.3, 0.4) is 0 Å². The SMILES string of the molecule is NC(COCCCc1ccncc1)C(=O)O. The van der Waals surface area contributed by atoms with Crippen LogP contribution < -0.4 is 5.73 Å². The van der Waals surface area contributed by atoms with Gasteiger partial charge < -0.3 is 15.6 Å². The second-order valence-corrected chi connectivity index (χ2v) is 3.48.